The molecule has 1 aliphatic rings. The minimum atomic E-state index is -3.53. The van der Waals surface area contributed by atoms with Crippen molar-refractivity contribution in [2.75, 3.05) is 24.5 Å². The average Bonchev–Trinajstić information content (AvgIpc) is 2.86. The van der Waals surface area contributed by atoms with Crippen LogP contribution in [0.2, 0.25) is 0 Å². The second-order valence-corrected chi connectivity index (χ2v) is 7.25. The highest BCUT2D eigenvalue weighted by molar-refractivity contribution is 7.89. The molecule has 0 aliphatic carbocycles. The van der Waals surface area contributed by atoms with Crippen molar-refractivity contribution in [1.29, 1.82) is 0 Å². The van der Waals surface area contributed by atoms with Gasteiger partial charge >= 0.3 is 0 Å². The Labute approximate surface area is 129 Å². The minimum Gasteiger partial charge on any atom is -0.354 e. The van der Waals surface area contributed by atoms with Gasteiger partial charge in [0.15, 0.2) is 10.8 Å². The van der Waals surface area contributed by atoms with E-state index in [-0.39, 0.29) is 10.9 Å². The third kappa shape index (κ3) is 3.09. The standard InChI is InChI=1S/C13H18N6O2S/c1-10-3-4-12(17-16-10)19-6-11(7-19)5-15-22(20,21)13-8-18(2)9-14-13/h3-4,8-9,11,15H,5-7H2,1-2H3. The van der Waals surface area contributed by atoms with Crippen LogP contribution in [0.4, 0.5) is 5.82 Å². The Balaban J connectivity index is 1.51. The van der Waals surface area contributed by atoms with Crippen molar-refractivity contribution < 1.29 is 8.42 Å². The Bertz CT molecular complexity index is 749. The first-order valence-corrected chi connectivity index (χ1v) is 8.45. The highest BCUT2D eigenvalue weighted by Crippen LogP contribution is 2.21. The van der Waals surface area contributed by atoms with E-state index in [1.54, 1.807) is 11.6 Å². The Hall–Kier alpha value is -2.00. The SMILES string of the molecule is Cc1ccc(N2CC(CNS(=O)(=O)c3cn(C)cn3)C2)nn1. The molecule has 0 spiro atoms. The fourth-order valence-electron chi connectivity index (χ4n) is 2.28. The van der Waals surface area contributed by atoms with Gasteiger partial charge in [-0.1, -0.05) is 0 Å². The number of nitrogens with one attached hydrogen (secondary N) is 1. The van der Waals surface area contributed by atoms with E-state index in [1.165, 1.54) is 12.5 Å². The van der Waals surface area contributed by atoms with Crippen molar-refractivity contribution in [3.8, 4) is 0 Å². The molecule has 1 saturated heterocycles. The van der Waals surface area contributed by atoms with Crippen LogP contribution in [0, 0.1) is 12.8 Å². The lowest BCUT2D eigenvalue weighted by atomic mass is 10.0. The molecule has 118 valence electrons. The molecule has 3 heterocycles. The lowest BCUT2D eigenvalue weighted by Gasteiger charge is -2.39. The first kappa shape index (κ1) is 14.9. The minimum absolute atomic E-state index is 0.0515. The van der Waals surface area contributed by atoms with Gasteiger partial charge in [0.1, 0.15) is 0 Å². The number of sulfonamides is 1. The maximum atomic E-state index is 12.1. The van der Waals surface area contributed by atoms with Gasteiger partial charge < -0.3 is 9.47 Å². The molecule has 3 rings (SSSR count). The van der Waals surface area contributed by atoms with Gasteiger partial charge in [0.2, 0.25) is 0 Å². The fraction of sp³-hybridized carbons (Fsp3) is 0.462. The molecule has 2 aromatic heterocycles. The van der Waals surface area contributed by atoms with E-state index in [4.69, 9.17) is 0 Å². The van der Waals surface area contributed by atoms with E-state index in [0.717, 1.165) is 24.6 Å². The number of aromatic nitrogens is 4. The molecule has 2 aromatic rings. The first-order valence-electron chi connectivity index (χ1n) is 6.97. The lowest BCUT2D eigenvalue weighted by Crippen LogP contribution is -2.51. The smallest absolute Gasteiger partial charge is 0.259 e. The molecule has 0 aromatic carbocycles. The van der Waals surface area contributed by atoms with Gasteiger partial charge in [-0.05, 0) is 19.1 Å². The first-order chi connectivity index (χ1) is 10.4. The van der Waals surface area contributed by atoms with Crippen LogP contribution in [0.1, 0.15) is 5.69 Å². The number of nitrogens with zero attached hydrogens (tertiary/aromatic N) is 5. The molecule has 0 radical (unpaired) electrons. The largest absolute Gasteiger partial charge is 0.354 e. The summed E-state index contributed by atoms with van der Waals surface area (Å²) in [4.78, 5) is 5.94. The molecular formula is C13H18N6O2S. The summed E-state index contributed by atoms with van der Waals surface area (Å²) in [5.74, 6) is 1.09. The Morgan fingerprint density at radius 3 is 2.68 bits per heavy atom. The lowest BCUT2D eigenvalue weighted by molar-refractivity contribution is 0.402. The number of hydrogen-bond acceptors (Lipinski definition) is 6. The molecule has 1 N–H and O–H groups in total. The normalized spacial score (nSPS) is 15.8. The molecule has 22 heavy (non-hydrogen) atoms. The van der Waals surface area contributed by atoms with Gasteiger partial charge in [-0.15, -0.1) is 5.10 Å². The second-order valence-electron chi connectivity index (χ2n) is 5.53. The van der Waals surface area contributed by atoms with Crippen molar-refractivity contribution in [1.82, 2.24) is 24.5 Å². The van der Waals surface area contributed by atoms with Crippen LogP contribution in [0.5, 0.6) is 0 Å². The summed E-state index contributed by atoms with van der Waals surface area (Å²) in [6, 6.07) is 3.84. The monoisotopic (exact) mass is 322 g/mol. The van der Waals surface area contributed by atoms with E-state index in [9.17, 15) is 8.42 Å². The van der Waals surface area contributed by atoms with Crippen molar-refractivity contribution >= 4 is 15.8 Å². The summed E-state index contributed by atoms with van der Waals surface area (Å²) in [7, 11) is -1.79. The van der Waals surface area contributed by atoms with Crippen LogP contribution in [-0.2, 0) is 17.1 Å². The Morgan fingerprint density at radius 1 is 1.32 bits per heavy atom. The number of anilines is 1. The van der Waals surface area contributed by atoms with Crippen molar-refractivity contribution in [3.63, 3.8) is 0 Å². The maximum absolute atomic E-state index is 12.1. The molecule has 0 amide bonds. The maximum Gasteiger partial charge on any atom is 0.259 e. The number of imidazole rings is 1. The topological polar surface area (TPSA) is 93.0 Å². The van der Waals surface area contributed by atoms with E-state index in [0.29, 0.717) is 6.54 Å². The van der Waals surface area contributed by atoms with E-state index in [1.807, 2.05) is 19.1 Å². The van der Waals surface area contributed by atoms with Gasteiger partial charge in [0.05, 0.1) is 12.0 Å². The molecule has 8 nitrogen and oxygen atoms in total. The summed E-state index contributed by atoms with van der Waals surface area (Å²) >= 11 is 0. The van der Waals surface area contributed by atoms with Gasteiger partial charge in [-0.3, -0.25) is 0 Å². The van der Waals surface area contributed by atoms with E-state index in [2.05, 4.69) is 24.8 Å². The van der Waals surface area contributed by atoms with Gasteiger partial charge in [0.25, 0.3) is 10.0 Å². The quantitative estimate of drug-likeness (QED) is 0.828. The fourth-order valence-corrected chi connectivity index (χ4v) is 3.37. The summed E-state index contributed by atoms with van der Waals surface area (Å²) in [5, 5.41) is 8.19. The summed E-state index contributed by atoms with van der Waals surface area (Å²) < 4.78 is 28.3. The Morgan fingerprint density at radius 2 is 2.09 bits per heavy atom. The molecule has 0 atom stereocenters. The third-order valence-electron chi connectivity index (χ3n) is 3.58. The van der Waals surface area contributed by atoms with Gasteiger partial charge in [-0.25, -0.2) is 18.1 Å². The number of rotatable bonds is 5. The molecule has 1 aliphatic heterocycles. The highest BCUT2D eigenvalue weighted by atomic mass is 32.2. The molecular weight excluding hydrogens is 304 g/mol. The van der Waals surface area contributed by atoms with Crippen molar-refractivity contribution in [2.45, 2.75) is 11.9 Å². The van der Waals surface area contributed by atoms with E-state index >= 15 is 0 Å². The van der Waals surface area contributed by atoms with Crippen molar-refractivity contribution in [2.24, 2.45) is 13.0 Å². The van der Waals surface area contributed by atoms with Crippen LogP contribution in [0.15, 0.2) is 29.7 Å². The zero-order chi connectivity index (χ0) is 15.7. The van der Waals surface area contributed by atoms with E-state index < -0.39 is 10.0 Å². The van der Waals surface area contributed by atoms with Crippen LogP contribution in [0.3, 0.4) is 0 Å². The van der Waals surface area contributed by atoms with Gasteiger partial charge in [0, 0.05) is 38.8 Å². The predicted octanol–water partition coefficient (Wildman–Crippen LogP) is -0.0668. The summed E-state index contributed by atoms with van der Waals surface area (Å²) in [6.45, 7) is 3.82. The van der Waals surface area contributed by atoms with Crippen LogP contribution in [-0.4, -0.2) is 47.8 Å². The van der Waals surface area contributed by atoms with Crippen LogP contribution in [0.25, 0.3) is 0 Å². The van der Waals surface area contributed by atoms with Gasteiger partial charge in [-0.2, -0.15) is 5.10 Å². The Kier molecular flexibility index (Phi) is 3.83. The number of hydrogen-bond donors (Lipinski definition) is 1. The predicted molar refractivity (Wildman–Crippen MR) is 80.9 cm³/mol. The van der Waals surface area contributed by atoms with Crippen molar-refractivity contribution in [3.05, 3.63) is 30.4 Å². The third-order valence-corrected chi connectivity index (χ3v) is 4.89. The number of aryl methyl sites for hydroxylation is 2. The van der Waals surface area contributed by atoms with Crippen LogP contribution >= 0.6 is 0 Å². The summed E-state index contributed by atoms with van der Waals surface area (Å²) in [5.41, 5.74) is 0.879. The molecule has 0 bridgehead atoms. The zero-order valence-electron chi connectivity index (χ0n) is 12.5. The molecule has 0 unspecified atom stereocenters. The average molecular weight is 322 g/mol. The van der Waals surface area contributed by atoms with Crippen LogP contribution < -0.4 is 9.62 Å². The second kappa shape index (κ2) is 5.65. The molecule has 1 fully saturated rings. The molecule has 0 saturated carbocycles. The highest BCUT2D eigenvalue weighted by Gasteiger charge is 2.29. The zero-order valence-corrected chi connectivity index (χ0v) is 13.3. The molecule has 9 heteroatoms. The summed E-state index contributed by atoms with van der Waals surface area (Å²) in [6.07, 6.45) is 2.95.